The van der Waals surface area contributed by atoms with Crippen molar-refractivity contribution in [3.63, 3.8) is 0 Å². The highest BCUT2D eigenvalue weighted by Crippen LogP contribution is 2.48. The molecule has 140 valence electrons. The number of rotatable bonds is 1. The smallest absolute Gasteiger partial charge is 0.0582 e. The van der Waals surface area contributed by atoms with Gasteiger partial charge in [-0.15, -0.1) is 0 Å². The average Bonchev–Trinajstić information content (AvgIpc) is 3.08. The minimum Gasteiger partial charge on any atom is -0.309 e. The zero-order valence-electron chi connectivity index (χ0n) is 17.0. The van der Waals surface area contributed by atoms with E-state index < -0.39 is 0 Å². The lowest BCUT2D eigenvalue weighted by atomic mass is 9.74. The number of aryl methyl sites for hydroxylation is 1. The lowest BCUT2D eigenvalue weighted by molar-refractivity contribution is 0.630. The van der Waals surface area contributed by atoms with Crippen molar-refractivity contribution in [2.24, 2.45) is 0 Å². The monoisotopic (exact) mass is 373 g/mol. The van der Waals surface area contributed by atoms with E-state index in [1.807, 2.05) is 0 Å². The van der Waals surface area contributed by atoms with Gasteiger partial charge in [-0.3, -0.25) is 0 Å². The van der Waals surface area contributed by atoms with Crippen molar-refractivity contribution in [2.45, 2.75) is 26.2 Å². The van der Waals surface area contributed by atoms with Gasteiger partial charge in [-0.1, -0.05) is 86.1 Å². The van der Waals surface area contributed by atoms with Gasteiger partial charge >= 0.3 is 0 Å². The molecule has 0 spiro atoms. The molecule has 1 heteroatoms. The number of aromatic nitrogens is 1. The summed E-state index contributed by atoms with van der Waals surface area (Å²) < 4.78 is 2.47. The summed E-state index contributed by atoms with van der Waals surface area (Å²) in [7, 11) is 0. The second-order valence-corrected chi connectivity index (χ2v) is 8.78. The minimum absolute atomic E-state index is 0.0556. The molecule has 1 aliphatic rings. The quantitative estimate of drug-likeness (QED) is 0.288. The number of fused-ring (bicyclic) bond motifs is 5. The standard InChI is InChI=1S/C28H23N/c1-18-11-13-19(14-12-18)20-15-16-26-24(17-20)28(2,3)23-9-6-8-22-21-7-4-5-10-25(21)29(26)27(22)23/h4-17H,1-3H3. The van der Waals surface area contributed by atoms with Gasteiger partial charge in [0.1, 0.15) is 0 Å². The molecule has 0 amide bonds. The Balaban J connectivity index is 1.72. The van der Waals surface area contributed by atoms with E-state index in [0.717, 1.165) is 0 Å². The van der Waals surface area contributed by atoms with E-state index in [-0.39, 0.29) is 5.41 Å². The number of para-hydroxylation sites is 2. The van der Waals surface area contributed by atoms with E-state index in [1.165, 1.54) is 55.3 Å². The zero-order valence-corrected chi connectivity index (χ0v) is 17.0. The molecule has 0 fully saturated rings. The lowest BCUT2D eigenvalue weighted by Gasteiger charge is -2.35. The molecule has 1 aliphatic heterocycles. The summed E-state index contributed by atoms with van der Waals surface area (Å²) in [5.41, 5.74) is 10.5. The maximum absolute atomic E-state index is 2.47. The molecule has 1 nitrogen and oxygen atoms in total. The predicted molar refractivity (Wildman–Crippen MR) is 123 cm³/mol. The van der Waals surface area contributed by atoms with Crippen LogP contribution in [0.2, 0.25) is 0 Å². The van der Waals surface area contributed by atoms with Gasteiger partial charge in [0.2, 0.25) is 0 Å². The molecule has 0 saturated carbocycles. The first kappa shape index (κ1) is 16.6. The van der Waals surface area contributed by atoms with Crippen LogP contribution in [0, 0.1) is 6.92 Å². The van der Waals surface area contributed by atoms with E-state index in [1.54, 1.807) is 0 Å². The minimum atomic E-state index is -0.0556. The second kappa shape index (κ2) is 5.61. The topological polar surface area (TPSA) is 4.93 Å². The average molecular weight is 373 g/mol. The van der Waals surface area contributed by atoms with Crippen LogP contribution in [0.5, 0.6) is 0 Å². The summed E-state index contributed by atoms with van der Waals surface area (Å²) >= 11 is 0. The van der Waals surface area contributed by atoms with Crippen LogP contribution in [0.1, 0.15) is 30.5 Å². The molecule has 5 aromatic rings. The number of hydrogen-bond donors (Lipinski definition) is 0. The Bertz CT molecular complexity index is 1410. The highest BCUT2D eigenvalue weighted by molar-refractivity contribution is 6.11. The fourth-order valence-electron chi connectivity index (χ4n) is 5.08. The van der Waals surface area contributed by atoms with Crippen LogP contribution >= 0.6 is 0 Å². The molecule has 2 heterocycles. The van der Waals surface area contributed by atoms with Gasteiger partial charge in [0, 0.05) is 16.2 Å². The Morgan fingerprint density at radius 3 is 2.21 bits per heavy atom. The molecule has 4 aromatic carbocycles. The largest absolute Gasteiger partial charge is 0.309 e. The molecule has 0 bridgehead atoms. The third kappa shape index (κ3) is 2.16. The normalized spacial score (nSPS) is 14.3. The third-order valence-electron chi connectivity index (χ3n) is 6.66. The van der Waals surface area contributed by atoms with Crippen LogP contribution in [0.3, 0.4) is 0 Å². The molecule has 1 aromatic heterocycles. The van der Waals surface area contributed by atoms with Gasteiger partial charge in [0.15, 0.2) is 0 Å². The van der Waals surface area contributed by atoms with Crippen LogP contribution in [0.15, 0.2) is 84.9 Å². The summed E-state index contributed by atoms with van der Waals surface area (Å²) in [4.78, 5) is 0. The Morgan fingerprint density at radius 2 is 1.38 bits per heavy atom. The molecule has 0 N–H and O–H groups in total. The molecule has 0 unspecified atom stereocenters. The fourth-order valence-corrected chi connectivity index (χ4v) is 5.08. The lowest BCUT2D eigenvalue weighted by Crippen LogP contribution is -2.26. The molecule has 6 rings (SSSR count). The summed E-state index contributed by atoms with van der Waals surface area (Å²) in [6.45, 7) is 6.86. The number of hydrogen-bond acceptors (Lipinski definition) is 0. The van der Waals surface area contributed by atoms with Crippen molar-refractivity contribution < 1.29 is 0 Å². The van der Waals surface area contributed by atoms with Crippen molar-refractivity contribution in [1.82, 2.24) is 4.57 Å². The van der Waals surface area contributed by atoms with Gasteiger partial charge in [0.25, 0.3) is 0 Å². The molecule has 0 radical (unpaired) electrons. The SMILES string of the molecule is Cc1ccc(-c2ccc3c(c2)C(C)(C)c2cccc4c5ccccc5n-3c24)cc1. The van der Waals surface area contributed by atoms with Crippen LogP contribution < -0.4 is 0 Å². The first-order chi connectivity index (χ1) is 14.1. The Labute approximate surface area is 171 Å². The van der Waals surface area contributed by atoms with E-state index in [9.17, 15) is 0 Å². The zero-order chi connectivity index (χ0) is 19.8. The van der Waals surface area contributed by atoms with E-state index in [0.29, 0.717) is 0 Å². The summed E-state index contributed by atoms with van der Waals surface area (Å²) in [5.74, 6) is 0. The van der Waals surface area contributed by atoms with Crippen LogP contribution in [0.25, 0.3) is 38.6 Å². The molecular formula is C28H23N. The van der Waals surface area contributed by atoms with Crippen LogP contribution in [-0.4, -0.2) is 4.57 Å². The molecule has 0 aliphatic carbocycles. The summed E-state index contributed by atoms with van der Waals surface area (Å²) in [5, 5.41) is 2.68. The first-order valence-corrected chi connectivity index (χ1v) is 10.3. The Hall–Kier alpha value is -3.32. The summed E-state index contributed by atoms with van der Waals surface area (Å²) in [6.07, 6.45) is 0. The van der Waals surface area contributed by atoms with E-state index >= 15 is 0 Å². The van der Waals surface area contributed by atoms with Crippen molar-refractivity contribution in [3.05, 3.63) is 102 Å². The fraction of sp³-hybridized carbons (Fsp3) is 0.143. The maximum atomic E-state index is 2.47. The molecule has 0 saturated heterocycles. The summed E-state index contributed by atoms with van der Waals surface area (Å²) in [6, 6.07) is 31.4. The van der Waals surface area contributed by atoms with Crippen molar-refractivity contribution in [1.29, 1.82) is 0 Å². The molecule has 29 heavy (non-hydrogen) atoms. The molecule has 0 atom stereocenters. The van der Waals surface area contributed by atoms with E-state index in [4.69, 9.17) is 0 Å². The van der Waals surface area contributed by atoms with Gasteiger partial charge in [-0.2, -0.15) is 0 Å². The number of benzene rings is 4. The highest BCUT2D eigenvalue weighted by Gasteiger charge is 2.35. The van der Waals surface area contributed by atoms with Crippen molar-refractivity contribution >= 4 is 21.8 Å². The Morgan fingerprint density at radius 1 is 0.655 bits per heavy atom. The molecular weight excluding hydrogens is 350 g/mol. The van der Waals surface area contributed by atoms with Gasteiger partial charge in [0.05, 0.1) is 16.7 Å². The Kier molecular flexibility index (Phi) is 3.21. The van der Waals surface area contributed by atoms with Gasteiger partial charge in [-0.25, -0.2) is 0 Å². The number of nitrogens with zero attached hydrogens (tertiary/aromatic N) is 1. The van der Waals surface area contributed by atoms with Crippen LogP contribution in [0.4, 0.5) is 0 Å². The third-order valence-corrected chi connectivity index (χ3v) is 6.66. The highest BCUT2D eigenvalue weighted by atomic mass is 15.0. The van der Waals surface area contributed by atoms with Crippen molar-refractivity contribution in [2.75, 3.05) is 0 Å². The first-order valence-electron chi connectivity index (χ1n) is 10.3. The second-order valence-electron chi connectivity index (χ2n) is 8.78. The van der Waals surface area contributed by atoms with Gasteiger partial charge in [-0.05, 0) is 47.4 Å². The van der Waals surface area contributed by atoms with Crippen molar-refractivity contribution in [3.8, 4) is 16.8 Å². The van der Waals surface area contributed by atoms with E-state index in [2.05, 4.69) is 110 Å². The predicted octanol–water partition coefficient (Wildman–Crippen LogP) is 7.40. The van der Waals surface area contributed by atoms with Gasteiger partial charge < -0.3 is 4.57 Å². The van der Waals surface area contributed by atoms with Crippen LogP contribution in [-0.2, 0) is 5.41 Å². The maximum Gasteiger partial charge on any atom is 0.0582 e.